The van der Waals surface area contributed by atoms with Crippen LogP contribution in [0.15, 0.2) is 29.2 Å². The number of nitrogens with one attached hydrogen (secondary N) is 1. The fraction of sp³-hybridized carbons (Fsp3) is 0.435. The van der Waals surface area contributed by atoms with Crippen molar-refractivity contribution in [3.8, 4) is 0 Å². The zero-order valence-corrected chi connectivity index (χ0v) is 18.9. The number of sulfonamides is 1. The van der Waals surface area contributed by atoms with Gasteiger partial charge in [0.15, 0.2) is 0 Å². The topological polar surface area (TPSA) is 66.5 Å². The number of hydrogen-bond donors (Lipinski definition) is 1. The molecule has 1 amide bonds. The molecule has 0 radical (unpaired) electrons. The number of benzene rings is 2. The Morgan fingerprint density at radius 1 is 0.931 bits per heavy atom. The first kappa shape index (κ1) is 21.5. The van der Waals surface area contributed by atoms with Gasteiger partial charge in [0.2, 0.25) is 10.0 Å². The molecular weight excluding hydrogens is 384 g/mol. The largest absolute Gasteiger partial charge is 0.349 e. The van der Waals surface area contributed by atoms with Crippen molar-refractivity contribution in [2.24, 2.45) is 0 Å². The summed E-state index contributed by atoms with van der Waals surface area (Å²) in [5.74, 6) is -0.0723. The van der Waals surface area contributed by atoms with Crippen LogP contribution < -0.4 is 5.32 Å². The van der Waals surface area contributed by atoms with Gasteiger partial charge in [0, 0.05) is 25.2 Å². The van der Waals surface area contributed by atoms with E-state index in [2.05, 4.69) is 5.32 Å². The molecule has 0 aromatic heterocycles. The summed E-state index contributed by atoms with van der Waals surface area (Å²) in [5.41, 5.74) is 6.24. The SMILES string of the molecule is Cc1c(C)c(C)c(S(=O)(=O)N(C)Cc2ccc(C(=O)NC3CC3)cc2)c(C)c1C. The Morgan fingerprint density at radius 3 is 1.90 bits per heavy atom. The van der Waals surface area contributed by atoms with E-state index in [-0.39, 0.29) is 12.5 Å². The second-order valence-corrected chi connectivity index (χ2v) is 10.1. The van der Waals surface area contributed by atoms with Crippen LogP contribution in [0.5, 0.6) is 0 Å². The molecule has 0 unspecified atom stereocenters. The minimum atomic E-state index is -3.64. The normalized spacial score (nSPS) is 14.3. The molecule has 2 aromatic carbocycles. The molecule has 0 heterocycles. The second kappa shape index (κ2) is 7.92. The maximum atomic E-state index is 13.4. The highest BCUT2D eigenvalue weighted by molar-refractivity contribution is 7.89. The van der Waals surface area contributed by atoms with Crippen LogP contribution in [0.1, 0.15) is 56.6 Å². The zero-order valence-electron chi connectivity index (χ0n) is 18.1. The molecule has 6 heteroatoms. The lowest BCUT2D eigenvalue weighted by atomic mass is 9.95. The summed E-state index contributed by atoms with van der Waals surface area (Å²) >= 11 is 0. The molecule has 0 saturated heterocycles. The van der Waals surface area contributed by atoms with Gasteiger partial charge >= 0.3 is 0 Å². The van der Waals surface area contributed by atoms with Gasteiger partial charge in [0.05, 0.1) is 4.90 Å². The molecule has 5 nitrogen and oxygen atoms in total. The van der Waals surface area contributed by atoms with Gasteiger partial charge in [0.1, 0.15) is 0 Å². The third-order valence-corrected chi connectivity index (χ3v) is 8.21. The first-order chi connectivity index (χ1) is 13.5. The molecule has 1 saturated carbocycles. The van der Waals surface area contributed by atoms with Crippen molar-refractivity contribution in [2.75, 3.05) is 7.05 Å². The van der Waals surface area contributed by atoms with E-state index in [0.29, 0.717) is 16.5 Å². The smallest absolute Gasteiger partial charge is 0.251 e. The molecule has 0 bridgehead atoms. The van der Waals surface area contributed by atoms with E-state index >= 15 is 0 Å². The number of hydrogen-bond acceptors (Lipinski definition) is 3. The molecule has 2 aromatic rings. The van der Waals surface area contributed by atoms with E-state index in [9.17, 15) is 13.2 Å². The summed E-state index contributed by atoms with van der Waals surface area (Å²) in [6.07, 6.45) is 2.09. The van der Waals surface area contributed by atoms with E-state index in [4.69, 9.17) is 0 Å². The Labute approximate surface area is 174 Å². The van der Waals surface area contributed by atoms with E-state index in [1.54, 1.807) is 19.2 Å². The van der Waals surface area contributed by atoms with Gasteiger partial charge in [-0.2, -0.15) is 4.31 Å². The van der Waals surface area contributed by atoms with E-state index in [1.807, 2.05) is 46.8 Å². The van der Waals surface area contributed by atoms with Crippen LogP contribution in [-0.4, -0.2) is 31.7 Å². The average molecular weight is 415 g/mol. The first-order valence-electron chi connectivity index (χ1n) is 9.97. The van der Waals surface area contributed by atoms with Crippen LogP contribution in [0.4, 0.5) is 0 Å². The van der Waals surface area contributed by atoms with Crippen LogP contribution >= 0.6 is 0 Å². The fourth-order valence-electron chi connectivity index (χ4n) is 3.61. The summed E-state index contributed by atoms with van der Waals surface area (Å²) in [5, 5.41) is 2.96. The van der Waals surface area contributed by atoms with Gasteiger partial charge < -0.3 is 5.32 Å². The summed E-state index contributed by atoms with van der Waals surface area (Å²) in [4.78, 5) is 12.5. The minimum absolute atomic E-state index is 0.0723. The number of rotatable bonds is 6. The van der Waals surface area contributed by atoms with Crippen molar-refractivity contribution in [3.05, 3.63) is 63.2 Å². The average Bonchev–Trinajstić information content (AvgIpc) is 3.49. The summed E-state index contributed by atoms with van der Waals surface area (Å²) in [7, 11) is -2.04. The third kappa shape index (κ3) is 4.23. The van der Waals surface area contributed by atoms with Gasteiger partial charge in [-0.1, -0.05) is 12.1 Å². The maximum Gasteiger partial charge on any atom is 0.251 e. The molecule has 0 atom stereocenters. The fourth-order valence-corrected chi connectivity index (χ4v) is 5.32. The number of carbonyl (C=O) groups is 1. The molecule has 1 aliphatic rings. The third-order valence-electron chi connectivity index (χ3n) is 6.13. The highest BCUT2D eigenvalue weighted by Crippen LogP contribution is 2.31. The highest BCUT2D eigenvalue weighted by Gasteiger charge is 2.28. The van der Waals surface area contributed by atoms with Gasteiger partial charge in [-0.3, -0.25) is 4.79 Å². The van der Waals surface area contributed by atoms with Crippen LogP contribution in [-0.2, 0) is 16.6 Å². The molecule has 1 N–H and O–H groups in total. The van der Waals surface area contributed by atoms with Crippen LogP contribution in [0.3, 0.4) is 0 Å². The van der Waals surface area contributed by atoms with Crippen molar-refractivity contribution >= 4 is 15.9 Å². The van der Waals surface area contributed by atoms with Crippen molar-refractivity contribution in [1.29, 1.82) is 0 Å². The lowest BCUT2D eigenvalue weighted by Crippen LogP contribution is -2.28. The Morgan fingerprint density at radius 2 is 1.41 bits per heavy atom. The predicted molar refractivity (Wildman–Crippen MR) is 116 cm³/mol. The van der Waals surface area contributed by atoms with Crippen molar-refractivity contribution in [2.45, 2.75) is 64.9 Å². The number of amides is 1. The van der Waals surface area contributed by atoms with Crippen molar-refractivity contribution in [1.82, 2.24) is 9.62 Å². The lowest BCUT2D eigenvalue weighted by molar-refractivity contribution is 0.0951. The number of carbonyl (C=O) groups excluding carboxylic acids is 1. The molecule has 1 fully saturated rings. The molecular formula is C23H30N2O3S. The highest BCUT2D eigenvalue weighted by atomic mass is 32.2. The monoisotopic (exact) mass is 414 g/mol. The van der Waals surface area contributed by atoms with Gasteiger partial charge in [-0.25, -0.2) is 8.42 Å². The zero-order chi connectivity index (χ0) is 21.5. The molecule has 3 rings (SSSR count). The predicted octanol–water partition coefficient (Wildman–Crippen LogP) is 3.94. The first-order valence-corrected chi connectivity index (χ1v) is 11.4. The Balaban J connectivity index is 1.83. The van der Waals surface area contributed by atoms with Crippen molar-refractivity contribution in [3.63, 3.8) is 0 Å². The number of nitrogens with zero attached hydrogens (tertiary/aromatic N) is 1. The van der Waals surface area contributed by atoms with E-state index in [0.717, 1.165) is 46.2 Å². The van der Waals surface area contributed by atoms with E-state index < -0.39 is 10.0 Å². The second-order valence-electron chi connectivity index (χ2n) is 8.16. The van der Waals surface area contributed by atoms with E-state index in [1.165, 1.54) is 4.31 Å². The standard InChI is InChI=1S/C23H30N2O3S/c1-14-15(2)17(4)22(18(5)16(14)3)29(27,28)25(6)13-19-7-9-20(10-8-19)23(26)24-21-11-12-21/h7-10,21H,11-13H2,1-6H3,(H,24,26). The van der Waals surface area contributed by atoms with Gasteiger partial charge in [-0.15, -0.1) is 0 Å². The van der Waals surface area contributed by atoms with Crippen LogP contribution in [0, 0.1) is 34.6 Å². The Hall–Kier alpha value is -2.18. The molecule has 0 aliphatic heterocycles. The van der Waals surface area contributed by atoms with Gasteiger partial charge in [-0.05, 0) is 93.0 Å². The van der Waals surface area contributed by atoms with Crippen LogP contribution in [0.2, 0.25) is 0 Å². The maximum absolute atomic E-state index is 13.4. The Bertz CT molecular complexity index is 1020. The molecule has 156 valence electrons. The van der Waals surface area contributed by atoms with Crippen molar-refractivity contribution < 1.29 is 13.2 Å². The van der Waals surface area contributed by atoms with Gasteiger partial charge in [0.25, 0.3) is 5.91 Å². The minimum Gasteiger partial charge on any atom is -0.349 e. The Kier molecular flexibility index (Phi) is 5.88. The summed E-state index contributed by atoms with van der Waals surface area (Å²) in [6.45, 7) is 9.98. The summed E-state index contributed by atoms with van der Waals surface area (Å²) < 4.78 is 28.1. The van der Waals surface area contributed by atoms with Crippen LogP contribution in [0.25, 0.3) is 0 Å². The summed E-state index contributed by atoms with van der Waals surface area (Å²) in [6, 6.07) is 7.46. The lowest BCUT2D eigenvalue weighted by Gasteiger charge is -2.23. The quantitative estimate of drug-likeness (QED) is 0.778. The molecule has 1 aliphatic carbocycles. The molecule has 29 heavy (non-hydrogen) atoms. The molecule has 0 spiro atoms.